The van der Waals surface area contributed by atoms with Crippen molar-refractivity contribution < 1.29 is 14.3 Å². The number of nitrogens with zero attached hydrogens (tertiary/aromatic N) is 1. The maximum absolute atomic E-state index is 12.5. The lowest BCUT2D eigenvalue weighted by Gasteiger charge is -2.61. The second kappa shape index (κ2) is 5.47. The third kappa shape index (κ3) is 2.67. The second-order valence-electron chi connectivity index (χ2n) is 8.57. The van der Waals surface area contributed by atoms with Gasteiger partial charge in [-0.2, -0.15) is 0 Å². The van der Waals surface area contributed by atoms with E-state index < -0.39 is 0 Å². The lowest BCUT2D eigenvalue weighted by atomic mass is 9.51. The highest BCUT2D eigenvalue weighted by molar-refractivity contribution is 5.79. The first-order chi connectivity index (χ1) is 11.0. The van der Waals surface area contributed by atoms with Crippen molar-refractivity contribution in [3.63, 3.8) is 0 Å². The Kier molecular flexibility index (Phi) is 3.67. The Balaban J connectivity index is 1.44. The number of nitrogens with one attached hydrogen (secondary N) is 1. The molecule has 23 heavy (non-hydrogen) atoms. The van der Waals surface area contributed by atoms with Gasteiger partial charge in [0.2, 0.25) is 5.91 Å². The Hall–Kier alpha value is -1.10. The number of carbonyl (C=O) groups excluding carboxylic acids is 2. The summed E-state index contributed by atoms with van der Waals surface area (Å²) in [5.74, 6) is 1.52. The van der Waals surface area contributed by atoms with E-state index >= 15 is 0 Å². The number of rotatable bonds is 5. The minimum Gasteiger partial charge on any atom is -0.461 e. The van der Waals surface area contributed by atoms with Crippen LogP contribution in [0, 0.1) is 11.8 Å². The Morgan fingerprint density at radius 1 is 1.30 bits per heavy atom. The Labute approximate surface area is 138 Å². The summed E-state index contributed by atoms with van der Waals surface area (Å²) in [6, 6.07) is 0.380. The maximum atomic E-state index is 12.5. The zero-order valence-electron chi connectivity index (χ0n) is 14.1. The Morgan fingerprint density at radius 2 is 2.04 bits per heavy atom. The van der Waals surface area contributed by atoms with Crippen molar-refractivity contribution in [1.29, 1.82) is 0 Å². The zero-order chi connectivity index (χ0) is 16.1. The van der Waals surface area contributed by atoms with Crippen LogP contribution in [0.3, 0.4) is 0 Å². The molecule has 0 aromatic rings. The molecule has 5 fully saturated rings. The van der Waals surface area contributed by atoms with E-state index in [0.29, 0.717) is 30.9 Å². The summed E-state index contributed by atoms with van der Waals surface area (Å²) in [6.07, 6.45) is 8.70. The van der Waals surface area contributed by atoms with Gasteiger partial charge in [-0.3, -0.25) is 9.59 Å². The van der Waals surface area contributed by atoms with Gasteiger partial charge < -0.3 is 15.0 Å². The molecule has 0 spiro atoms. The van der Waals surface area contributed by atoms with Crippen LogP contribution in [0.1, 0.15) is 58.3 Å². The first-order valence-electron chi connectivity index (χ1n) is 9.19. The van der Waals surface area contributed by atoms with E-state index in [4.69, 9.17) is 4.74 Å². The van der Waals surface area contributed by atoms with E-state index in [1.165, 1.54) is 6.42 Å². The molecule has 5 aliphatic rings. The smallest absolute Gasteiger partial charge is 0.293 e. The van der Waals surface area contributed by atoms with Gasteiger partial charge in [0.25, 0.3) is 6.47 Å². The van der Waals surface area contributed by atoms with Crippen LogP contribution in [0.25, 0.3) is 0 Å². The summed E-state index contributed by atoms with van der Waals surface area (Å²) in [4.78, 5) is 25.5. The summed E-state index contributed by atoms with van der Waals surface area (Å²) >= 11 is 0. The van der Waals surface area contributed by atoms with Gasteiger partial charge in [0.05, 0.1) is 6.54 Å². The molecular weight excluding hydrogens is 292 g/mol. The summed E-state index contributed by atoms with van der Waals surface area (Å²) in [5, 5.41) is 3.62. The van der Waals surface area contributed by atoms with Crippen LogP contribution < -0.4 is 5.32 Å². The largest absolute Gasteiger partial charge is 0.461 e. The quantitative estimate of drug-likeness (QED) is 0.786. The molecule has 5 rings (SSSR count). The Morgan fingerprint density at radius 3 is 2.65 bits per heavy atom. The number of hydrogen-bond donors (Lipinski definition) is 1. The third-order valence-electron chi connectivity index (χ3n) is 6.79. The molecule has 1 heterocycles. The number of carbonyl (C=O) groups is 2. The molecule has 3 atom stereocenters. The highest BCUT2D eigenvalue weighted by Crippen LogP contribution is 2.58. The van der Waals surface area contributed by atoms with Gasteiger partial charge in [-0.15, -0.1) is 0 Å². The van der Waals surface area contributed by atoms with E-state index in [9.17, 15) is 9.59 Å². The van der Waals surface area contributed by atoms with E-state index in [0.717, 1.165) is 51.5 Å². The molecule has 5 heteroatoms. The average molecular weight is 320 g/mol. The minimum absolute atomic E-state index is 0.00567. The summed E-state index contributed by atoms with van der Waals surface area (Å²) in [5.41, 5.74) is -0.255. The number of likely N-dealkylation sites (tertiary alicyclic amines) is 1. The first kappa shape index (κ1) is 15.4. The SMILES string of the molecule is C[C@@H]1CCCN1C(=O)CNC12CC3CC(C1)CC(OC=O)(C3)C2. The van der Waals surface area contributed by atoms with E-state index in [2.05, 4.69) is 12.2 Å². The number of amides is 1. The molecule has 1 saturated heterocycles. The van der Waals surface area contributed by atoms with Crippen molar-refractivity contribution in [2.24, 2.45) is 11.8 Å². The predicted molar refractivity (Wildman–Crippen MR) is 85.7 cm³/mol. The lowest BCUT2D eigenvalue weighted by Crippen LogP contribution is -2.66. The molecule has 128 valence electrons. The fraction of sp³-hybridized carbons (Fsp3) is 0.889. The molecule has 2 unspecified atom stereocenters. The number of hydrogen-bond acceptors (Lipinski definition) is 4. The van der Waals surface area contributed by atoms with Gasteiger partial charge in [0, 0.05) is 24.5 Å². The van der Waals surface area contributed by atoms with Crippen LogP contribution in [0.2, 0.25) is 0 Å². The molecule has 4 bridgehead atoms. The van der Waals surface area contributed by atoms with Crippen LogP contribution in [-0.2, 0) is 14.3 Å². The number of ether oxygens (including phenoxy) is 1. The van der Waals surface area contributed by atoms with Gasteiger partial charge in [-0.05, 0) is 63.7 Å². The van der Waals surface area contributed by atoms with Crippen LogP contribution in [0.15, 0.2) is 0 Å². The van der Waals surface area contributed by atoms with Crippen molar-refractivity contribution in [3.05, 3.63) is 0 Å². The van der Waals surface area contributed by atoms with Gasteiger partial charge in [-0.25, -0.2) is 0 Å². The van der Waals surface area contributed by atoms with Crippen molar-refractivity contribution >= 4 is 12.4 Å². The second-order valence-corrected chi connectivity index (χ2v) is 8.57. The predicted octanol–water partition coefficient (Wildman–Crippen LogP) is 1.85. The van der Waals surface area contributed by atoms with E-state index in [-0.39, 0.29) is 17.0 Å². The maximum Gasteiger partial charge on any atom is 0.293 e. The molecule has 0 radical (unpaired) electrons. The van der Waals surface area contributed by atoms with E-state index in [1.807, 2.05) is 4.90 Å². The van der Waals surface area contributed by atoms with Crippen molar-refractivity contribution in [2.45, 2.75) is 75.5 Å². The standard InChI is InChI=1S/C18H28N2O3/c1-13-3-2-4-20(13)16(22)10-19-17-6-14-5-15(7-17)9-18(8-14,11-17)23-12-21/h12-15,19H,2-11H2,1H3/t13-,14?,15?,17?,18?/m1/s1. The topological polar surface area (TPSA) is 58.6 Å². The lowest BCUT2D eigenvalue weighted by molar-refractivity contribution is -0.179. The van der Waals surface area contributed by atoms with Crippen molar-refractivity contribution in [3.8, 4) is 0 Å². The van der Waals surface area contributed by atoms with Gasteiger partial charge in [0.1, 0.15) is 5.60 Å². The molecular formula is C18H28N2O3. The molecule has 0 aromatic carbocycles. The molecule has 1 N–H and O–H groups in total. The van der Waals surface area contributed by atoms with Crippen molar-refractivity contribution in [1.82, 2.24) is 10.2 Å². The monoisotopic (exact) mass is 320 g/mol. The van der Waals surface area contributed by atoms with Gasteiger partial charge >= 0.3 is 0 Å². The summed E-state index contributed by atoms with van der Waals surface area (Å²) in [7, 11) is 0. The normalized spacial score (nSPS) is 44.6. The molecule has 4 saturated carbocycles. The Bertz CT molecular complexity index is 492. The van der Waals surface area contributed by atoms with Gasteiger partial charge in [0.15, 0.2) is 0 Å². The zero-order valence-corrected chi connectivity index (χ0v) is 14.1. The van der Waals surface area contributed by atoms with Gasteiger partial charge in [-0.1, -0.05) is 0 Å². The van der Waals surface area contributed by atoms with Crippen LogP contribution >= 0.6 is 0 Å². The minimum atomic E-state index is -0.261. The molecule has 5 nitrogen and oxygen atoms in total. The fourth-order valence-electron chi connectivity index (χ4n) is 6.29. The first-order valence-corrected chi connectivity index (χ1v) is 9.19. The fourth-order valence-corrected chi connectivity index (χ4v) is 6.29. The molecule has 0 aromatic heterocycles. The summed E-state index contributed by atoms with van der Waals surface area (Å²) in [6.45, 7) is 4.11. The van der Waals surface area contributed by atoms with Crippen LogP contribution in [0.4, 0.5) is 0 Å². The summed E-state index contributed by atoms with van der Waals surface area (Å²) < 4.78 is 5.57. The highest BCUT2D eigenvalue weighted by atomic mass is 16.5. The van der Waals surface area contributed by atoms with Crippen LogP contribution in [-0.4, -0.2) is 47.6 Å². The van der Waals surface area contributed by atoms with Crippen LogP contribution in [0.5, 0.6) is 0 Å². The van der Waals surface area contributed by atoms with Crippen molar-refractivity contribution in [2.75, 3.05) is 13.1 Å². The average Bonchev–Trinajstić information content (AvgIpc) is 2.89. The molecule has 1 amide bonds. The third-order valence-corrected chi connectivity index (χ3v) is 6.79. The molecule has 4 aliphatic carbocycles. The molecule has 1 aliphatic heterocycles. The highest BCUT2D eigenvalue weighted by Gasteiger charge is 2.59. The van der Waals surface area contributed by atoms with E-state index in [1.54, 1.807) is 0 Å².